The minimum Gasteiger partial charge on any atom is -0.379 e. The summed E-state index contributed by atoms with van der Waals surface area (Å²) >= 11 is 0. The van der Waals surface area contributed by atoms with E-state index in [4.69, 9.17) is 4.74 Å². The third-order valence-corrected chi connectivity index (χ3v) is 6.17. The van der Waals surface area contributed by atoms with Gasteiger partial charge in [0.25, 0.3) is 5.91 Å². The van der Waals surface area contributed by atoms with E-state index in [2.05, 4.69) is 36.2 Å². The van der Waals surface area contributed by atoms with Crippen molar-refractivity contribution in [3.05, 3.63) is 77.6 Å². The van der Waals surface area contributed by atoms with E-state index in [1.165, 1.54) is 0 Å². The molecule has 5 rings (SSSR count). The van der Waals surface area contributed by atoms with Gasteiger partial charge in [0.2, 0.25) is 5.95 Å². The zero-order valence-corrected chi connectivity index (χ0v) is 19.3. The van der Waals surface area contributed by atoms with Crippen LogP contribution in [0.2, 0.25) is 0 Å². The molecule has 1 unspecified atom stereocenters. The lowest BCUT2D eigenvalue weighted by Gasteiger charge is -2.34. The number of hydrogen-bond donors (Lipinski definition) is 1. The molecule has 1 N–H and O–H groups in total. The third kappa shape index (κ3) is 4.40. The predicted molar refractivity (Wildman–Crippen MR) is 128 cm³/mol. The van der Waals surface area contributed by atoms with Crippen LogP contribution in [0.3, 0.4) is 0 Å². The van der Waals surface area contributed by atoms with E-state index in [0.717, 1.165) is 35.3 Å². The number of amides is 1. The molecule has 0 radical (unpaired) electrons. The summed E-state index contributed by atoms with van der Waals surface area (Å²) in [6, 6.07) is 7.76. The van der Waals surface area contributed by atoms with Crippen LogP contribution in [-0.2, 0) is 4.74 Å². The first-order chi connectivity index (χ1) is 16.6. The van der Waals surface area contributed by atoms with Crippen LogP contribution in [0.4, 0.5) is 0 Å². The number of fused-ring (bicyclic) bond motifs is 1. The highest BCUT2D eigenvalue weighted by molar-refractivity contribution is 6.07. The van der Waals surface area contributed by atoms with Crippen LogP contribution in [0.5, 0.6) is 0 Å². The average molecular weight is 458 g/mol. The van der Waals surface area contributed by atoms with Crippen molar-refractivity contribution in [1.29, 1.82) is 0 Å². The molecule has 9 heteroatoms. The van der Waals surface area contributed by atoms with Crippen LogP contribution >= 0.6 is 0 Å². The van der Waals surface area contributed by atoms with Crippen molar-refractivity contribution in [2.24, 2.45) is 0 Å². The van der Waals surface area contributed by atoms with Crippen LogP contribution in [-0.4, -0.2) is 68.2 Å². The maximum atomic E-state index is 13.5. The van der Waals surface area contributed by atoms with Crippen LogP contribution in [0.1, 0.15) is 33.2 Å². The lowest BCUT2D eigenvalue weighted by molar-refractivity contribution is 0.0161. The van der Waals surface area contributed by atoms with E-state index in [1.807, 2.05) is 32.2 Å². The van der Waals surface area contributed by atoms with Gasteiger partial charge in [-0.05, 0) is 43.2 Å². The zero-order chi connectivity index (χ0) is 23.5. The number of aromatic nitrogens is 5. The highest BCUT2D eigenvalue weighted by atomic mass is 16.5. The van der Waals surface area contributed by atoms with Gasteiger partial charge in [0.05, 0.1) is 24.8 Å². The molecule has 1 saturated heterocycles. The van der Waals surface area contributed by atoms with Gasteiger partial charge in [-0.1, -0.05) is 6.07 Å². The number of carbonyl (C=O) groups is 1. The number of hydrogen-bond acceptors (Lipinski definition) is 7. The van der Waals surface area contributed by atoms with Crippen molar-refractivity contribution in [1.82, 2.24) is 34.7 Å². The van der Waals surface area contributed by atoms with Gasteiger partial charge in [-0.15, -0.1) is 0 Å². The fourth-order valence-corrected chi connectivity index (χ4v) is 4.36. The van der Waals surface area contributed by atoms with E-state index in [0.29, 0.717) is 36.9 Å². The molecule has 9 nitrogen and oxygen atoms in total. The van der Waals surface area contributed by atoms with Gasteiger partial charge >= 0.3 is 0 Å². The fraction of sp³-hybridized carbons (Fsp3) is 0.320. The van der Waals surface area contributed by atoms with Gasteiger partial charge < -0.3 is 10.1 Å². The van der Waals surface area contributed by atoms with Gasteiger partial charge in [0, 0.05) is 61.7 Å². The number of morpholine rings is 1. The minimum absolute atomic E-state index is 0.00554. The summed E-state index contributed by atoms with van der Waals surface area (Å²) in [7, 11) is 0. The molecule has 1 atom stereocenters. The molecular formula is C25H27N7O2. The highest BCUT2D eigenvalue weighted by Crippen LogP contribution is 2.26. The van der Waals surface area contributed by atoms with Crippen LogP contribution < -0.4 is 5.32 Å². The summed E-state index contributed by atoms with van der Waals surface area (Å²) in [4.78, 5) is 33.5. The van der Waals surface area contributed by atoms with E-state index >= 15 is 0 Å². The Kier molecular flexibility index (Phi) is 6.29. The topological polar surface area (TPSA) is 98.1 Å². The van der Waals surface area contributed by atoms with Crippen molar-refractivity contribution in [3.63, 3.8) is 0 Å². The lowest BCUT2D eigenvalue weighted by atomic mass is 10.1. The Morgan fingerprint density at radius 3 is 2.59 bits per heavy atom. The number of ether oxygens (including phenoxy) is 1. The molecule has 174 valence electrons. The van der Waals surface area contributed by atoms with Crippen LogP contribution in [0, 0.1) is 13.8 Å². The van der Waals surface area contributed by atoms with E-state index < -0.39 is 0 Å². The van der Waals surface area contributed by atoms with Crippen LogP contribution in [0.25, 0.3) is 17.0 Å². The van der Waals surface area contributed by atoms with Gasteiger partial charge in [-0.25, -0.2) is 15.0 Å². The maximum absolute atomic E-state index is 13.5. The molecule has 4 aromatic rings. The van der Waals surface area contributed by atoms with Gasteiger partial charge in [0.1, 0.15) is 5.65 Å². The van der Waals surface area contributed by atoms with Crippen molar-refractivity contribution in [2.45, 2.75) is 19.9 Å². The molecule has 0 aliphatic carbocycles. The fourth-order valence-electron chi connectivity index (χ4n) is 4.36. The molecular weight excluding hydrogens is 430 g/mol. The Morgan fingerprint density at radius 2 is 1.85 bits per heavy atom. The van der Waals surface area contributed by atoms with Crippen molar-refractivity contribution in [3.8, 4) is 5.95 Å². The second-order valence-corrected chi connectivity index (χ2v) is 8.40. The summed E-state index contributed by atoms with van der Waals surface area (Å²) in [5, 5.41) is 3.96. The molecule has 1 aliphatic rings. The second kappa shape index (κ2) is 9.66. The maximum Gasteiger partial charge on any atom is 0.253 e. The molecule has 1 aliphatic heterocycles. The largest absolute Gasteiger partial charge is 0.379 e. The molecule has 1 amide bonds. The van der Waals surface area contributed by atoms with E-state index in [1.54, 1.807) is 35.4 Å². The van der Waals surface area contributed by atoms with Gasteiger partial charge in [-0.2, -0.15) is 0 Å². The Balaban J connectivity index is 1.45. The highest BCUT2D eigenvalue weighted by Gasteiger charge is 2.25. The van der Waals surface area contributed by atoms with Crippen molar-refractivity contribution < 1.29 is 9.53 Å². The molecule has 1 fully saturated rings. The van der Waals surface area contributed by atoms with E-state index in [9.17, 15) is 4.79 Å². The van der Waals surface area contributed by atoms with E-state index in [-0.39, 0.29) is 11.9 Å². The van der Waals surface area contributed by atoms with Crippen molar-refractivity contribution in [2.75, 3.05) is 32.8 Å². The molecule has 0 aromatic carbocycles. The first-order valence-electron chi connectivity index (χ1n) is 11.4. The Labute approximate surface area is 197 Å². The summed E-state index contributed by atoms with van der Waals surface area (Å²) in [6.07, 6.45) is 8.75. The predicted octanol–water partition coefficient (Wildman–Crippen LogP) is 2.63. The van der Waals surface area contributed by atoms with Gasteiger partial charge in [-0.3, -0.25) is 19.2 Å². The Bertz CT molecular complexity index is 1280. The molecule has 0 bridgehead atoms. The number of aryl methyl sites for hydroxylation is 2. The number of pyridine rings is 2. The number of rotatable bonds is 6. The molecule has 0 spiro atoms. The SMILES string of the molecule is Cc1ccc(C(CNC(=O)c2cn(-c3ncccn3)c3nccc(C)c23)N2CCOCC2)cn1. The normalized spacial score (nSPS) is 15.4. The second-order valence-electron chi connectivity index (χ2n) is 8.40. The van der Waals surface area contributed by atoms with Gasteiger partial charge in [0.15, 0.2) is 0 Å². The molecule has 4 aromatic heterocycles. The quantitative estimate of drug-likeness (QED) is 0.475. The smallest absolute Gasteiger partial charge is 0.253 e. The molecule has 0 saturated carbocycles. The first-order valence-corrected chi connectivity index (χ1v) is 11.4. The lowest BCUT2D eigenvalue weighted by Crippen LogP contribution is -2.43. The first kappa shape index (κ1) is 22.1. The third-order valence-electron chi connectivity index (χ3n) is 6.17. The number of carbonyl (C=O) groups excluding carboxylic acids is 1. The summed E-state index contributed by atoms with van der Waals surface area (Å²) in [5.41, 5.74) is 4.22. The molecule has 5 heterocycles. The standard InChI is InChI=1S/C25H27N7O2/c1-17-6-9-26-23-22(17)20(16-32(23)25-27-7-3-8-28-25)24(33)30-15-21(31-10-12-34-13-11-31)19-5-4-18(2)29-14-19/h3-9,14,16,21H,10-13,15H2,1-2H3,(H,30,33). The average Bonchev–Trinajstić information content (AvgIpc) is 3.27. The van der Waals surface area contributed by atoms with Crippen molar-refractivity contribution >= 4 is 16.9 Å². The summed E-state index contributed by atoms with van der Waals surface area (Å²) < 4.78 is 7.30. The Hall–Kier alpha value is -3.69. The number of nitrogens with one attached hydrogen (secondary N) is 1. The van der Waals surface area contributed by atoms with Crippen LogP contribution in [0.15, 0.2) is 55.2 Å². The Morgan fingerprint density at radius 1 is 1.06 bits per heavy atom. The summed E-state index contributed by atoms with van der Waals surface area (Å²) in [6.45, 7) is 7.38. The monoisotopic (exact) mass is 457 g/mol. The molecule has 34 heavy (non-hydrogen) atoms. The summed E-state index contributed by atoms with van der Waals surface area (Å²) in [5.74, 6) is 0.315. The number of nitrogens with zero attached hydrogens (tertiary/aromatic N) is 6. The zero-order valence-electron chi connectivity index (χ0n) is 19.3. The minimum atomic E-state index is -0.158.